The molecule has 1 aliphatic carbocycles. The molecule has 6 heteroatoms. The Hall–Kier alpha value is -2.08. The zero-order valence-corrected chi connectivity index (χ0v) is 20.4. The number of aryl methyl sites for hydroxylation is 3. The number of halogens is 3. The number of Topliss-reactive ketones (excluding diaryl/α,β-unsaturated/α-hetero) is 2. The van der Waals surface area contributed by atoms with Crippen LogP contribution in [0.4, 0.5) is 13.2 Å². The average molecular weight is 477 g/mol. The summed E-state index contributed by atoms with van der Waals surface area (Å²) in [5.41, 5.74) is 3.58. The van der Waals surface area contributed by atoms with E-state index in [1.54, 1.807) is 0 Å². The van der Waals surface area contributed by atoms with Crippen molar-refractivity contribution in [3.05, 3.63) is 64.2 Å². The molecule has 0 heterocycles. The molecular weight excluding hydrogens is 445 g/mol. The van der Waals surface area contributed by atoms with Gasteiger partial charge in [0, 0.05) is 23.0 Å². The largest absolute Gasteiger partial charge is 0.416 e. The Morgan fingerprint density at radius 3 is 1.94 bits per heavy atom. The summed E-state index contributed by atoms with van der Waals surface area (Å²) in [5.74, 6) is -0.698. The van der Waals surface area contributed by atoms with E-state index in [-0.39, 0.29) is 22.7 Å². The predicted molar refractivity (Wildman–Crippen MR) is 127 cm³/mol. The van der Waals surface area contributed by atoms with Gasteiger partial charge in [0.1, 0.15) is 17.5 Å². The highest BCUT2D eigenvalue weighted by molar-refractivity contribution is 7.99. The van der Waals surface area contributed by atoms with E-state index >= 15 is 0 Å². The van der Waals surface area contributed by atoms with Gasteiger partial charge in [-0.2, -0.15) is 13.2 Å². The summed E-state index contributed by atoms with van der Waals surface area (Å²) in [6.07, 6.45) is -1.37. The summed E-state index contributed by atoms with van der Waals surface area (Å²) < 4.78 is 38.3. The quantitative estimate of drug-likeness (QED) is 0.310. The highest BCUT2D eigenvalue weighted by Crippen LogP contribution is 2.39. The van der Waals surface area contributed by atoms with Crippen LogP contribution in [0.1, 0.15) is 73.8 Å². The molecule has 0 aromatic heterocycles. The van der Waals surface area contributed by atoms with Crippen LogP contribution in [0.5, 0.6) is 0 Å². The topological polar surface area (TPSA) is 34.1 Å². The number of carbonyl (C=O) groups excluding carboxylic acids is 2. The Morgan fingerprint density at radius 2 is 1.48 bits per heavy atom. The lowest BCUT2D eigenvalue weighted by Gasteiger charge is -2.30. The summed E-state index contributed by atoms with van der Waals surface area (Å²) in [7, 11) is 0. The summed E-state index contributed by atoms with van der Waals surface area (Å²) in [6.45, 7) is 8.14. The second-order valence-corrected chi connectivity index (χ2v) is 10.5. The standard InChI is InChI=1S/C27H31F3O2S/c1-5-19-11-16(3)12-20(6-2)25(19)26-23(31)14-18(15-24(26)32)13-17(4)33-22-9-7-21(8-10-22)27(28,29)30/h7-12,17-18,26H,5-6,13-15H2,1-4H3. The van der Waals surface area contributed by atoms with Crippen molar-refractivity contribution in [3.63, 3.8) is 0 Å². The molecule has 0 amide bonds. The fourth-order valence-corrected chi connectivity index (χ4v) is 6.05. The van der Waals surface area contributed by atoms with E-state index in [2.05, 4.69) is 26.0 Å². The summed E-state index contributed by atoms with van der Waals surface area (Å²) in [6, 6.07) is 9.31. The number of carbonyl (C=O) groups is 2. The van der Waals surface area contributed by atoms with Crippen LogP contribution in [0.25, 0.3) is 0 Å². The summed E-state index contributed by atoms with van der Waals surface area (Å²) in [4.78, 5) is 27.1. The molecule has 3 rings (SSSR count). The number of hydrogen-bond acceptors (Lipinski definition) is 3. The van der Waals surface area contributed by atoms with Crippen LogP contribution in [-0.4, -0.2) is 16.8 Å². The maximum absolute atomic E-state index is 13.2. The van der Waals surface area contributed by atoms with Crippen LogP contribution in [0.3, 0.4) is 0 Å². The van der Waals surface area contributed by atoms with Gasteiger partial charge < -0.3 is 0 Å². The van der Waals surface area contributed by atoms with Crippen LogP contribution >= 0.6 is 11.8 Å². The van der Waals surface area contributed by atoms with E-state index in [4.69, 9.17) is 0 Å². The van der Waals surface area contributed by atoms with Crippen molar-refractivity contribution in [2.24, 2.45) is 5.92 Å². The van der Waals surface area contributed by atoms with Gasteiger partial charge in [0.15, 0.2) is 0 Å². The first-order chi connectivity index (χ1) is 15.5. The van der Waals surface area contributed by atoms with Crippen molar-refractivity contribution in [1.29, 1.82) is 0 Å². The lowest BCUT2D eigenvalue weighted by atomic mass is 9.72. The summed E-state index contributed by atoms with van der Waals surface area (Å²) >= 11 is 1.48. The minimum Gasteiger partial charge on any atom is -0.299 e. The second-order valence-electron chi connectivity index (χ2n) is 9.03. The van der Waals surface area contributed by atoms with Crippen molar-refractivity contribution in [2.45, 2.75) is 82.0 Å². The van der Waals surface area contributed by atoms with Crippen LogP contribution in [0, 0.1) is 12.8 Å². The molecule has 0 N–H and O–H groups in total. The van der Waals surface area contributed by atoms with Crippen LogP contribution < -0.4 is 0 Å². The molecule has 1 aliphatic rings. The highest BCUT2D eigenvalue weighted by Gasteiger charge is 2.38. The van der Waals surface area contributed by atoms with Crippen molar-refractivity contribution in [2.75, 3.05) is 0 Å². The Labute approximate surface area is 198 Å². The zero-order chi connectivity index (χ0) is 24.3. The van der Waals surface area contributed by atoms with Gasteiger partial charge >= 0.3 is 6.18 Å². The van der Waals surface area contributed by atoms with E-state index in [1.807, 2.05) is 13.8 Å². The number of alkyl halides is 3. The molecule has 1 fully saturated rings. The number of benzene rings is 2. The van der Waals surface area contributed by atoms with Gasteiger partial charge in [-0.25, -0.2) is 0 Å². The fourth-order valence-electron chi connectivity index (χ4n) is 4.93. The Bertz CT molecular complexity index is 968. The van der Waals surface area contributed by atoms with Gasteiger partial charge in [-0.1, -0.05) is 38.5 Å². The van der Waals surface area contributed by atoms with E-state index in [0.29, 0.717) is 19.3 Å². The van der Waals surface area contributed by atoms with Crippen LogP contribution in [-0.2, 0) is 28.6 Å². The van der Waals surface area contributed by atoms with E-state index in [1.165, 1.54) is 23.9 Å². The van der Waals surface area contributed by atoms with Crippen LogP contribution in [0.2, 0.25) is 0 Å². The SMILES string of the molecule is CCc1cc(C)cc(CC)c1C1C(=O)CC(CC(C)Sc2ccc(C(F)(F)F)cc2)CC1=O. The minimum absolute atomic E-state index is 0.00349. The highest BCUT2D eigenvalue weighted by atomic mass is 32.2. The van der Waals surface area contributed by atoms with Gasteiger partial charge in [0.25, 0.3) is 0 Å². The first-order valence-corrected chi connectivity index (χ1v) is 12.4. The van der Waals surface area contributed by atoms with E-state index in [0.717, 1.165) is 52.1 Å². The third-order valence-corrected chi connectivity index (χ3v) is 7.49. The molecule has 0 radical (unpaired) electrons. The third kappa shape index (κ3) is 6.08. The number of rotatable bonds is 7. The van der Waals surface area contributed by atoms with Crippen molar-refractivity contribution in [1.82, 2.24) is 0 Å². The first kappa shape index (κ1) is 25.5. The van der Waals surface area contributed by atoms with Crippen LogP contribution in [0.15, 0.2) is 41.3 Å². The molecular formula is C27H31F3O2S. The lowest BCUT2D eigenvalue weighted by Crippen LogP contribution is -2.34. The van der Waals surface area contributed by atoms with E-state index < -0.39 is 17.7 Å². The Kier molecular flexibility index (Phi) is 8.09. The maximum atomic E-state index is 13.2. The normalized spacial score (nSPS) is 20.2. The Morgan fingerprint density at radius 1 is 0.970 bits per heavy atom. The maximum Gasteiger partial charge on any atom is 0.416 e. The molecule has 0 saturated heterocycles. The van der Waals surface area contributed by atoms with E-state index in [9.17, 15) is 22.8 Å². The van der Waals surface area contributed by atoms with Crippen molar-refractivity contribution < 1.29 is 22.8 Å². The van der Waals surface area contributed by atoms with Gasteiger partial charge in [-0.05, 0) is 73.1 Å². The number of ketones is 2. The van der Waals surface area contributed by atoms with Crippen molar-refractivity contribution in [3.8, 4) is 0 Å². The molecule has 1 saturated carbocycles. The lowest BCUT2D eigenvalue weighted by molar-refractivity contribution is -0.137. The molecule has 0 aliphatic heterocycles. The van der Waals surface area contributed by atoms with Gasteiger partial charge in [0.05, 0.1) is 5.56 Å². The first-order valence-electron chi connectivity index (χ1n) is 11.5. The third-order valence-electron chi connectivity index (χ3n) is 6.35. The fraction of sp³-hybridized carbons (Fsp3) is 0.481. The molecule has 1 atom stereocenters. The molecule has 1 unspecified atom stereocenters. The smallest absolute Gasteiger partial charge is 0.299 e. The molecule has 2 aromatic carbocycles. The molecule has 2 aromatic rings. The molecule has 33 heavy (non-hydrogen) atoms. The molecule has 0 bridgehead atoms. The molecule has 2 nitrogen and oxygen atoms in total. The average Bonchev–Trinajstić information content (AvgIpc) is 2.73. The minimum atomic E-state index is -4.35. The second kappa shape index (κ2) is 10.5. The van der Waals surface area contributed by atoms with Gasteiger partial charge in [0.2, 0.25) is 0 Å². The van der Waals surface area contributed by atoms with Gasteiger partial charge in [-0.3, -0.25) is 9.59 Å². The molecule has 0 spiro atoms. The summed E-state index contributed by atoms with van der Waals surface area (Å²) in [5, 5.41) is 0.0840. The number of thioether (sulfide) groups is 1. The Balaban J connectivity index is 1.68. The zero-order valence-electron chi connectivity index (χ0n) is 19.6. The predicted octanol–water partition coefficient (Wildman–Crippen LogP) is 7.34. The molecule has 178 valence electrons. The monoisotopic (exact) mass is 476 g/mol. The number of hydrogen-bond donors (Lipinski definition) is 0. The van der Waals surface area contributed by atoms with Crippen molar-refractivity contribution >= 4 is 23.3 Å². The van der Waals surface area contributed by atoms with Gasteiger partial charge in [-0.15, -0.1) is 11.8 Å².